The summed E-state index contributed by atoms with van der Waals surface area (Å²) in [5.74, 6) is -6.13. The number of aromatic nitrogens is 8. The molecule has 13 rings (SSSR count). The van der Waals surface area contributed by atoms with Gasteiger partial charge in [0.25, 0.3) is 17.4 Å². The van der Waals surface area contributed by atoms with Gasteiger partial charge in [0.1, 0.15) is 27.3 Å². The van der Waals surface area contributed by atoms with Crippen LogP contribution in [0.5, 0.6) is 11.5 Å². The van der Waals surface area contributed by atoms with Crippen LogP contribution in [0.4, 0.5) is 53.5 Å². The van der Waals surface area contributed by atoms with E-state index in [0.717, 1.165) is 66.3 Å². The van der Waals surface area contributed by atoms with Crippen molar-refractivity contribution in [1.29, 1.82) is 0 Å². The molecule has 0 aliphatic carbocycles. The maximum Gasteiger partial charge on any atom is 0.569 e. The van der Waals surface area contributed by atoms with E-state index < -0.39 is 91.5 Å². The highest BCUT2D eigenvalue weighted by Gasteiger charge is 2.35. The molecular formula is C93H107BCl6F5N16O13. The van der Waals surface area contributed by atoms with Crippen molar-refractivity contribution in [2.75, 3.05) is 55.2 Å². The summed E-state index contributed by atoms with van der Waals surface area (Å²) in [5.41, 5.74) is 13.5. The molecule has 6 aromatic heterocycles. The Morgan fingerprint density at radius 1 is 0.507 bits per heavy atom. The van der Waals surface area contributed by atoms with Gasteiger partial charge in [-0.2, -0.15) is 4.98 Å². The summed E-state index contributed by atoms with van der Waals surface area (Å²) < 4.78 is 84.9. The minimum Gasteiger partial charge on any atom is -0.533 e. The van der Waals surface area contributed by atoms with Crippen molar-refractivity contribution >= 4 is 147 Å². The van der Waals surface area contributed by atoms with Gasteiger partial charge in [-0.05, 0) is 160 Å². The van der Waals surface area contributed by atoms with E-state index in [2.05, 4.69) is 84.3 Å². The number of aromatic amines is 1. The number of amides is 6. The standard InChI is InChI=1S/C27H33ClFN5O3.C17H16Cl2FN3O2.C17H15ClFN3O2.C10H20N2O2.C10H15N.C6H5BFO3.C6H3Cl2FN2O/c1-16-15-32(25(36)37-27(5,6)7)12-13-33(16)22-17-14-19(29)21(28)30-23(17)34(24(35)31-22)20-11-9-8-10-18(20)26(2,3)4;1-17(2,3)10-6-4-5-7-12(10)21-16(25)23-15(24)9-8-11(20)14(19)22-13(9)18;1-17(2,3)10-6-4-5-7-12(10)22-14-9(15(23)21-16(22)24)8-11(19)13(18)20-14;1-8-7-12(6-5-11-8)9(13)14-10(2,3)4;1-10(2,3)8-6-4-5-7-9(8)11;8-4-2-1-3-5(9)6(4)11-7-10;7-4-2(6(10)12)1-3(9)5(8)11-4/h8-11,14,16H,12-13,15H2,1-7H3;4-8H,1-3H3,(H2,21,23,24,25);4-8H,1-3H3,(H,21,23,24);8,11H,5-7H2,1-4H3;4-7H,11H2,1-3H3;1-3,9-10H;1H,(H2,10,12)/t16-;;;8-;;;/m0..0.../s1. The van der Waals surface area contributed by atoms with Crippen molar-refractivity contribution in [3.63, 3.8) is 0 Å². The van der Waals surface area contributed by atoms with Crippen molar-refractivity contribution in [2.45, 2.75) is 183 Å². The Kier molecular flexibility index (Phi) is 37.6. The molecule has 0 bridgehead atoms. The van der Waals surface area contributed by atoms with E-state index in [1.807, 2.05) is 182 Å². The van der Waals surface area contributed by atoms with Gasteiger partial charge < -0.3 is 61.1 Å². The fourth-order valence-electron chi connectivity index (χ4n) is 13.3. The molecule has 5 aromatic carbocycles. The highest BCUT2D eigenvalue weighted by molar-refractivity contribution is 6.35. The number of fused-ring (bicyclic) bond motifs is 2. The molecule has 0 saturated carbocycles. The lowest BCUT2D eigenvalue weighted by Crippen LogP contribution is -2.55. The Labute approximate surface area is 802 Å². The lowest BCUT2D eigenvalue weighted by molar-refractivity contribution is 0.0197. The summed E-state index contributed by atoms with van der Waals surface area (Å²) in [6.45, 7) is 43.2. The number of urea groups is 1. The predicted octanol–water partition coefficient (Wildman–Crippen LogP) is 19.1. The van der Waals surface area contributed by atoms with Crippen LogP contribution in [0.15, 0.2) is 154 Å². The molecule has 2 aliphatic heterocycles. The number of hydrogen-bond acceptors (Lipinski definition) is 21. The highest BCUT2D eigenvalue weighted by Crippen LogP contribution is 2.37. The number of nitrogens with two attached hydrogens (primary N) is 2. The molecule has 11 aromatic rings. The number of H-pyrrole nitrogens is 1. The first-order chi connectivity index (χ1) is 62.1. The number of phenols is 1. The first-order valence-corrected chi connectivity index (χ1v) is 43.9. The minimum atomic E-state index is -0.908. The van der Waals surface area contributed by atoms with Crippen LogP contribution >= 0.6 is 69.6 Å². The van der Waals surface area contributed by atoms with Crippen LogP contribution in [0.3, 0.4) is 0 Å². The van der Waals surface area contributed by atoms with Gasteiger partial charge in [-0.25, -0.2) is 75.0 Å². The largest absolute Gasteiger partial charge is 0.569 e. The SMILES string of the molecule is CC(C)(C)c1ccccc1-n1c(=O)[nH]c(=O)c2cc(F)c(Cl)nc21.CC(C)(C)c1ccccc1N.CC(C)(C)c1ccccc1NC(=O)NC(=O)c1cc(F)c(Cl)nc1Cl.C[C@H]1CN(C(=O)OC(C)(C)C)CCN1.C[C@H]1CN(C(=O)OC(C)(C)C)CCN1c1nc(=O)n(-c2ccccc2C(C)(C)C)c2nc(Cl)c(F)cc12.NC(=O)c1cc(F)c(Cl)nc1Cl.O[B]Oc1c(O)cccc1F. The molecule has 1 radical (unpaired) electrons. The molecule has 8 heterocycles. The number of aromatic hydroxyl groups is 1. The Morgan fingerprint density at radius 3 is 1.42 bits per heavy atom. The number of benzene rings is 5. The molecule has 29 nitrogen and oxygen atoms in total. The van der Waals surface area contributed by atoms with Crippen molar-refractivity contribution in [1.82, 2.24) is 59.5 Å². The van der Waals surface area contributed by atoms with Crippen molar-refractivity contribution < 1.29 is 70.2 Å². The highest BCUT2D eigenvalue weighted by atomic mass is 35.5. The van der Waals surface area contributed by atoms with Gasteiger partial charge in [0.15, 0.2) is 72.5 Å². The summed E-state index contributed by atoms with van der Waals surface area (Å²) in [7, 11) is 0.304. The number of piperazine rings is 2. The number of carbonyl (C=O) groups excluding carboxylic acids is 5. The lowest BCUT2D eigenvalue weighted by Gasteiger charge is -2.41. The van der Waals surface area contributed by atoms with E-state index in [4.69, 9.17) is 101 Å². The van der Waals surface area contributed by atoms with E-state index in [0.29, 0.717) is 61.6 Å². The number of ether oxygens (including phenoxy) is 2. The number of carbonyl (C=O) groups is 5. The Morgan fingerprint density at radius 2 is 0.948 bits per heavy atom. The monoisotopic (exact) mass is 1970 g/mol. The summed E-state index contributed by atoms with van der Waals surface area (Å²) in [5, 5.41) is 23.3. The van der Waals surface area contributed by atoms with E-state index >= 15 is 0 Å². The number of nitrogens with zero attached hydrogens (tertiary/aromatic N) is 10. The van der Waals surface area contributed by atoms with Gasteiger partial charge in [-0.1, -0.05) is 232 Å². The van der Waals surface area contributed by atoms with Crippen LogP contribution in [0.1, 0.15) is 181 Å². The van der Waals surface area contributed by atoms with Gasteiger partial charge in [-0.3, -0.25) is 24.7 Å². The molecule has 2 aliphatic rings. The average Bonchev–Trinajstić information content (AvgIpc) is 0.739. The minimum absolute atomic E-state index is 0.0202. The fourth-order valence-corrected chi connectivity index (χ4v) is 14.4. The molecule has 6 amide bonds. The van der Waals surface area contributed by atoms with Gasteiger partial charge in [-0.15, -0.1) is 0 Å². The average molecular weight is 1980 g/mol. The second-order valence-corrected chi connectivity index (χ2v) is 38.8. The first-order valence-electron chi connectivity index (χ1n) is 41.6. The third-order valence-electron chi connectivity index (χ3n) is 19.4. The first kappa shape index (κ1) is 109. The smallest absolute Gasteiger partial charge is 0.533 e. The molecular weight excluding hydrogens is 1870 g/mol. The summed E-state index contributed by atoms with van der Waals surface area (Å²) in [6, 6.07) is 37.0. The van der Waals surface area contributed by atoms with Crippen LogP contribution < -0.4 is 53.9 Å². The summed E-state index contributed by atoms with van der Waals surface area (Å²) in [4.78, 5) is 124. The van der Waals surface area contributed by atoms with Crippen molar-refractivity contribution in [3.8, 4) is 22.9 Å². The van der Waals surface area contributed by atoms with Gasteiger partial charge >= 0.3 is 37.3 Å². The maximum absolute atomic E-state index is 14.7. The number of imide groups is 1. The summed E-state index contributed by atoms with van der Waals surface area (Å²) >= 11 is 33.8. The molecule has 41 heteroatoms. The van der Waals surface area contributed by atoms with Crippen LogP contribution in [0.2, 0.25) is 30.9 Å². The van der Waals surface area contributed by atoms with E-state index in [9.17, 15) is 60.3 Å². The van der Waals surface area contributed by atoms with Gasteiger partial charge in [0.05, 0.1) is 33.3 Å². The number of pyridine rings is 4. The number of anilines is 3. The molecule has 0 spiro atoms. The van der Waals surface area contributed by atoms with Crippen LogP contribution in [-0.4, -0.2) is 159 Å². The maximum atomic E-state index is 14.7. The fraction of sp³-hybridized carbons (Fsp3) is 0.366. The van der Waals surface area contributed by atoms with Crippen molar-refractivity contribution in [2.24, 2.45) is 5.73 Å². The Bertz CT molecular complexity index is 6280. The molecule has 717 valence electrons. The van der Waals surface area contributed by atoms with Crippen LogP contribution in [-0.2, 0) is 31.1 Å². The molecule has 2 fully saturated rings. The molecule has 134 heavy (non-hydrogen) atoms. The number of para-hydroxylation sites is 5. The van der Waals surface area contributed by atoms with Gasteiger partial charge in [0, 0.05) is 62.7 Å². The van der Waals surface area contributed by atoms with Crippen molar-refractivity contribution in [3.05, 3.63) is 264 Å². The quantitative estimate of drug-likeness (QED) is 0.0303. The third-order valence-corrected chi connectivity index (χ3v) is 21.0. The summed E-state index contributed by atoms with van der Waals surface area (Å²) in [6.07, 6.45) is -0.601. The van der Waals surface area contributed by atoms with Crippen LogP contribution in [0.25, 0.3) is 33.4 Å². The number of nitrogen functional groups attached to an aromatic ring is 1. The molecule has 2 atom stereocenters. The van der Waals surface area contributed by atoms with Gasteiger partial charge in [0.2, 0.25) is 0 Å². The topological polar surface area (TPSA) is 393 Å². The normalized spacial score (nSPS) is 13.9. The number of primary amides is 1. The number of hydrogen-bond donors (Lipinski definition) is 8. The zero-order chi connectivity index (χ0) is 101. The third kappa shape index (κ3) is 30.2. The predicted molar refractivity (Wildman–Crippen MR) is 515 cm³/mol. The molecule has 0 unspecified atom stereocenters. The van der Waals surface area contributed by atoms with E-state index in [-0.39, 0.29) is 93.7 Å². The number of rotatable bonds is 8. The lowest BCUT2D eigenvalue weighted by atomic mass is 9.85. The molecule has 10 N–H and O–H groups in total. The number of halogens is 11. The number of nitrogens with one attached hydrogen (secondary N) is 4. The second kappa shape index (κ2) is 46.0. The molecule has 2 saturated heterocycles. The number of phenolic OH excluding ortho intramolecular Hbond substituents is 1. The zero-order valence-electron chi connectivity index (χ0n) is 77.4. The van der Waals surface area contributed by atoms with Crippen LogP contribution in [0, 0.1) is 29.1 Å². The van der Waals surface area contributed by atoms with E-state index in [1.54, 1.807) is 34.1 Å². The van der Waals surface area contributed by atoms with E-state index in [1.165, 1.54) is 32.9 Å². The zero-order valence-corrected chi connectivity index (χ0v) is 82.0. The second-order valence-electron chi connectivity index (χ2n) is 36.6. The Balaban J connectivity index is 0.000000224. The Hall–Kier alpha value is -11.7.